The molecule has 0 spiro atoms. The van der Waals surface area contributed by atoms with Crippen molar-refractivity contribution >= 4 is 0 Å². The maximum absolute atomic E-state index is 12.2. The van der Waals surface area contributed by atoms with Crippen LogP contribution in [-0.4, -0.2) is 325 Å². The Balaban J connectivity index is 1.32. The molecule has 22 rings (SSSR count). The molecule has 30 nitrogen and oxygen atoms in total. The first-order valence-electron chi connectivity index (χ1n) is 29.9. The second-order valence-corrected chi connectivity index (χ2v) is 21.9. The largest absolute Gasteiger partial charge is 0.394 e. The lowest BCUT2D eigenvalue weighted by Crippen LogP contribution is -2.69. The lowest BCUT2D eigenvalue weighted by molar-refractivity contribution is -0.408. The number of aliphatic hydroxyl groups is 12. The molecule has 30 atom stereocenters. The molecule has 0 aliphatic carbocycles. The van der Waals surface area contributed by atoms with Gasteiger partial charge in [-0.15, -0.1) is 0 Å². The first kappa shape index (κ1) is 70.3. The van der Waals surface area contributed by atoms with Crippen LogP contribution in [0.2, 0.25) is 0 Å². The summed E-state index contributed by atoms with van der Waals surface area (Å²) in [4.78, 5) is 0. The van der Waals surface area contributed by atoms with E-state index in [1.165, 1.54) is 0 Å². The third kappa shape index (κ3) is 16.1. The molecule has 12 bridgehead atoms. The molecular weight excluding hydrogens is 1130 g/mol. The molecule has 22 aliphatic rings. The molecular formula is C54H96O30. The Morgan fingerprint density at radius 1 is 0.226 bits per heavy atom. The van der Waals surface area contributed by atoms with Crippen molar-refractivity contribution < 1.29 is 147 Å². The lowest BCUT2D eigenvalue weighted by atomic mass is 9.94. The maximum atomic E-state index is 12.2. The Bertz CT molecular complexity index is 1510. The molecule has 0 aromatic carbocycles. The van der Waals surface area contributed by atoms with E-state index in [1.807, 2.05) is 0 Å². The summed E-state index contributed by atoms with van der Waals surface area (Å²) in [6.45, 7) is 6.11. The summed E-state index contributed by atoms with van der Waals surface area (Å²) in [5, 5.41) is 139. The van der Waals surface area contributed by atoms with Gasteiger partial charge in [-0.25, -0.2) is 0 Å². The van der Waals surface area contributed by atoms with Gasteiger partial charge in [0.1, 0.15) is 146 Å². The van der Waals surface area contributed by atoms with Gasteiger partial charge < -0.3 is 147 Å². The van der Waals surface area contributed by atoms with Crippen molar-refractivity contribution in [2.45, 2.75) is 264 Å². The second kappa shape index (κ2) is 34.3. The highest BCUT2D eigenvalue weighted by Crippen LogP contribution is 2.40. The zero-order valence-electron chi connectivity index (χ0n) is 48.8. The van der Waals surface area contributed by atoms with Gasteiger partial charge >= 0.3 is 0 Å². The Morgan fingerprint density at radius 3 is 0.464 bits per heavy atom. The fraction of sp³-hybridized carbons (Fsp3) is 1.00. The zero-order chi connectivity index (χ0) is 60.8. The van der Waals surface area contributed by atoms with Crippen LogP contribution >= 0.6 is 0 Å². The number of hydrogen-bond donors (Lipinski definition) is 12. The van der Waals surface area contributed by atoms with E-state index in [0.29, 0.717) is 38.5 Å². The highest BCUT2D eigenvalue weighted by molar-refractivity contribution is 5.02. The highest BCUT2D eigenvalue weighted by atomic mass is 16.8. The molecule has 0 radical (unpaired) electrons. The van der Waals surface area contributed by atoms with Crippen molar-refractivity contribution in [3.05, 3.63) is 0 Å². The molecule has 22 fully saturated rings. The van der Waals surface area contributed by atoms with Gasteiger partial charge in [-0.1, -0.05) is 41.5 Å². The molecule has 12 N–H and O–H groups in total. The van der Waals surface area contributed by atoms with Gasteiger partial charge in [0.15, 0.2) is 37.7 Å². The molecule has 84 heavy (non-hydrogen) atoms. The van der Waals surface area contributed by atoms with Crippen molar-refractivity contribution in [1.82, 2.24) is 0 Å². The smallest absolute Gasteiger partial charge is 0.187 e. The van der Waals surface area contributed by atoms with Crippen LogP contribution in [0.4, 0.5) is 0 Å². The first-order valence-corrected chi connectivity index (χ1v) is 29.9. The summed E-state index contributed by atoms with van der Waals surface area (Å²) in [5.74, 6) is 0. The zero-order valence-corrected chi connectivity index (χ0v) is 48.8. The molecule has 22 heterocycles. The van der Waals surface area contributed by atoms with E-state index < -0.39 is 224 Å². The van der Waals surface area contributed by atoms with Crippen LogP contribution < -0.4 is 0 Å². The Labute approximate surface area is 489 Å². The fourth-order valence-corrected chi connectivity index (χ4v) is 11.5. The lowest BCUT2D eigenvalue weighted by Gasteiger charge is -2.52. The fourth-order valence-electron chi connectivity index (χ4n) is 11.5. The summed E-state index contributed by atoms with van der Waals surface area (Å²) in [6, 6.07) is 0. The van der Waals surface area contributed by atoms with Crippen molar-refractivity contribution in [3.8, 4) is 0 Å². The summed E-state index contributed by atoms with van der Waals surface area (Å²) in [5.41, 5.74) is 0. The maximum Gasteiger partial charge on any atom is 0.187 e. The minimum absolute atomic E-state index is 0.0211. The van der Waals surface area contributed by atoms with E-state index in [1.54, 1.807) is 41.5 Å². The molecule has 492 valence electrons. The first-order chi connectivity index (χ1) is 40.6. The molecule has 0 aromatic rings. The van der Waals surface area contributed by atoms with Gasteiger partial charge in [0.2, 0.25) is 0 Å². The van der Waals surface area contributed by atoms with E-state index in [9.17, 15) is 61.3 Å². The van der Waals surface area contributed by atoms with Crippen molar-refractivity contribution in [3.63, 3.8) is 0 Å². The van der Waals surface area contributed by atoms with Crippen LogP contribution in [0.25, 0.3) is 0 Å². The van der Waals surface area contributed by atoms with Crippen LogP contribution in [0.15, 0.2) is 0 Å². The molecule has 0 amide bonds. The average Bonchev–Trinajstić information content (AvgIpc) is 2.46. The molecule has 0 aromatic heterocycles. The summed E-state index contributed by atoms with van der Waals surface area (Å²) in [6.07, 6.45) is -44.5. The number of ether oxygens (including phenoxy) is 18. The van der Waals surface area contributed by atoms with Gasteiger partial charge in [0, 0.05) is 39.6 Å². The van der Waals surface area contributed by atoms with Gasteiger partial charge in [-0.2, -0.15) is 0 Å². The monoisotopic (exact) mass is 1220 g/mol. The third-order valence-corrected chi connectivity index (χ3v) is 15.6. The minimum atomic E-state index is -1.79. The van der Waals surface area contributed by atoms with Crippen LogP contribution in [0.3, 0.4) is 0 Å². The summed E-state index contributed by atoms with van der Waals surface area (Å²) < 4.78 is 113. The number of aliphatic hydroxyl groups excluding tert-OH is 12. The Hall–Kier alpha value is -1.20. The predicted molar refractivity (Wildman–Crippen MR) is 280 cm³/mol. The Morgan fingerprint density at radius 2 is 0.357 bits per heavy atom. The topological polar surface area (TPSA) is 409 Å². The van der Waals surface area contributed by atoms with Crippen molar-refractivity contribution in [1.29, 1.82) is 0 Å². The van der Waals surface area contributed by atoms with Crippen LogP contribution in [0.1, 0.15) is 80.1 Å². The van der Waals surface area contributed by atoms with Gasteiger partial charge in [0.05, 0.1) is 39.6 Å². The van der Waals surface area contributed by atoms with E-state index >= 15 is 0 Å². The molecule has 22 saturated heterocycles. The average molecular weight is 1230 g/mol. The third-order valence-electron chi connectivity index (χ3n) is 15.6. The summed E-state index contributed by atoms with van der Waals surface area (Å²) in [7, 11) is 0. The Kier molecular flexibility index (Phi) is 28.7. The van der Waals surface area contributed by atoms with Gasteiger partial charge in [-0.05, 0) is 38.5 Å². The minimum Gasteiger partial charge on any atom is -0.394 e. The number of rotatable bonds is 24. The molecule has 30 heteroatoms. The summed E-state index contributed by atoms with van der Waals surface area (Å²) >= 11 is 0. The van der Waals surface area contributed by atoms with Crippen molar-refractivity contribution in [2.24, 2.45) is 0 Å². The van der Waals surface area contributed by atoms with E-state index in [2.05, 4.69) is 0 Å². The predicted octanol–water partition coefficient (Wildman–Crippen LogP) is -4.45. The normalized spacial score (nSPS) is 46.1. The van der Waals surface area contributed by atoms with Gasteiger partial charge in [0.25, 0.3) is 0 Å². The van der Waals surface area contributed by atoms with E-state index in [4.69, 9.17) is 85.3 Å². The van der Waals surface area contributed by atoms with Crippen LogP contribution in [-0.2, 0) is 85.3 Å². The number of hydrogen-bond acceptors (Lipinski definition) is 30. The van der Waals surface area contributed by atoms with E-state index in [0.717, 1.165) is 0 Å². The van der Waals surface area contributed by atoms with E-state index in [-0.39, 0.29) is 39.6 Å². The highest BCUT2D eigenvalue weighted by Gasteiger charge is 2.60. The second-order valence-electron chi connectivity index (χ2n) is 21.9. The SMILES string of the molecule is CCCO[C@@H]1[C@@H](O)[C@H]2O[C@@H]3[C@H](OCCC)[C@@H](O)[C@@H](O[C@@H]4[C@H](OCCC)[C@@H](O)[C@@H](O[C@@H]5[C@H](OCCC)[C@@H](O)[C@@H](O[C@@H]6[C@H](OCCC)[C@@H](O)[C@@H](O[C@@H]7[C@H](OCCC)[C@@H](O)[C@@H](O[C@H]1[C@@H](CO)O2)O[C@@H]7CO)O[C@@H]6CO)O[C@@H]5CO)O[C@@H]4CO)O[C@@H]3CO. The van der Waals surface area contributed by atoms with Crippen LogP contribution in [0.5, 0.6) is 0 Å². The van der Waals surface area contributed by atoms with Crippen molar-refractivity contribution in [2.75, 3.05) is 79.3 Å². The van der Waals surface area contributed by atoms with Gasteiger partial charge in [-0.3, -0.25) is 0 Å². The molecule has 0 saturated carbocycles. The van der Waals surface area contributed by atoms with Crippen LogP contribution in [0, 0.1) is 0 Å². The molecule has 0 unspecified atom stereocenters. The standard InChI is InChI=1S/C54H96O30/c1-7-13-67-43-31(61)49-73-25(19-55)37(43)79-50-32(62)44(68-14-8-2)39(27(21-57)74-50)81-52-34(64)46(70-16-10-4)41(29(23-59)76-52)83-54-36(66)48(72-18-12-6)42(30(24-60)78-54)84-53-35(65)47(71-17-11-5)40(28(22-58)77-53)82-51-33(63)45(69-15-9-3)38(80-49)26(20-56)75-51/h25-66H,7-24H2,1-6H3/t25-,26-,27-,28-,29-,30-,31-,32-,33-,34-,35-,36-,37+,38+,39+,40+,41+,42+,43-,44-,45-,46-,47-,48-,49-,50-,51-,52-,53-,54-/m1/s1. The molecule has 22 aliphatic heterocycles. The quantitative estimate of drug-likeness (QED) is 0.0434.